The summed E-state index contributed by atoms with van der Waals surface area (Å²) >= 11 is 12.1. The highest BCUT2D eigenvalue weighted by Gasteiger charge is 2.24. The third-order valence-electron chi connectivity index (χ3n) is 5.47. The molecule has 0 radical (unpaired) electrons. The summed E-state index contributed by atoms with van der Waals surface area (Å²) in [5, 5.41) is 15.4. The molecule has 0 aliphatic rings. The van der Waals surface area contributed by atoms with Gasteiger partial charge in [-0.3, -0.25) is 24.7 Å². The number of nitrogens with two attached hydrogens (primary N) is 1. The van der Waals surface area contributed by atoms with E-state index >= 15 is 0 Å². The first-order chi connectivity index (χ1) is 16.7. The van der Waals surface area contributed by atoms with Crippen LogP contribution in [0.1, 0.15) is 29.9 Å². The summed E-state index contributed by atoms with van der Waals surface area (Å²) < 4.78 is 0. The Morgan fingerprint density at radius 1 is 1.11 bits per heavy atom. The molecule has 0 aliphatic carbocycles. The summed E-state index contributed by atoms with van der Waals surface area (Å²) in [5.41, 5.74) is 6.60. The Hall–Kier alpha value is -3.95. The van der Waals surface area contributed by atoms with Gasteiger partial charge in [0, 0.05) is 30.2 Å². The fraction of sp³-hybridized carbons (Fsp3) is 0.125. The Bertz CT molecular complexity index is 1490. The number of halogens is 2. The molecule has 11 heteroatoms. The molecule has 4 N–H and O–H groups in total. The van der Waals surface area contributed by atoms with E-state index in [1.54, 1.807) is 18.2 Å². The maximum absolute atomic E-state index is 13.0. The van der Waals surface area contributed by atoms with Gasteiger partial charge in [-0.05, 0) is 35.7 Å². The first-order valence-corrected chi connectivity index (χ1v) is 11.3. The van der Waals surface area contributed by atoms with Crippen molar-refractivity contribution in [3.05, 3.63) is 102 Å². The highest BCUT2D eigenvalue weighted by Crippen LogP contribution is 2.36. The zero-order valence-corrected chi connectivity index (χ0v) is 19.6. The van der Waals surface area contributed by atoms with Gasteiger partial charge < -0.3 is 11.1 Å². The Balaban J connectivity index is 1.92. The van der Waals surface area contributed by atoms with Crippen molar-refractivity contribution in [2.24, 2.45) is 5.73 Å². The number of fused-ring (bicyclic) bond motifs is 1. The second kappa shape index (κ2) is 10.1. The van der Waals surface area contributed by atoms with E-state index in [9.17, 15) is 19.7 Å². The van der Waals surface area contributed by atoms with Crippen LogP contribution in [0.15, 0.2) is 65.5 Å². The largest absolute Gasteiger partial charge is 0.370 e. The predicted molar refractivity (Wildman–Crippen MR) is 135 cm³/mol. The van der Waals surface area contributed by atoms with Gasteiger partial charge in [0.2, 0.25) is 11.9 Å². The Labute approximate surface area is 209 Å². The topological polar surface area (TPSA) is 144 Å². The molecule has 1 amide bonds. The van der Waals surface area contributed by atoms with Gasteiger partial charge in [-0.15, -0.1) is 0 Å². The van der Waals surface area contributed by atoms with Crippen molar-refractivity contribution in [1.29, 1.82) is 0 Å². The van der Waals surface area contributed by atoms with Crippen molar-refractivity contribution in [3.8, 4) is 0 Å². The van der Waals surface area contributed by atoms with Gasteiger partial charge in [0.1, 0.15) is 0 Å². The number of hydrogen-bond acceptors (Lipinski definition) is 6. The average molecular weight is 512 g/mol. The van der Waals surface area contributed by atoms with Crippen LogP contribution in [0.4, 0.5) is 17.3 Å². The van der Waals surface area contributed by atoms with E-state index in [0.717, 1.165) is 5.56 Å². The third-order valence-corrected chi connectivity index (χ3v) is 6.21. The minimum absolute atomic E-state index is 0.0430. The van der Waals surface area contributed by atoms with Crippen LogP contribution in [-0.4, -0.2) is 20.8 Å². The average Bonchev–Trinajstić information content (AvgIpc) is 2.82. The van der Waals surface area contributed by atoms with Crippen LogP contribution in [0, 0.1) is 10.1 Å². The zero-order valence-electron chi connectivity index (χ0n) is 18.1. The molecule has 0 aliphatic heterocycles. The van der Waals surface area contributed by atoms with Gasteiger partial charge in [0.05, 0.1) is 25.9 Å². The number of rotatable bonds is 8. The van der Waals surface area contributed by atoms with E-state index in [4.69, 9.17) is 28.9 Å². The van der Waals surface area contributed by atoms with E-state index in [2.05, 4.69) is 15.3 Å². The van der Waals surface area contributed by atoms with Crippen LogP contribution in [0.5, 0.6) is 0 Å². The number of carbonyl (C=O) groups excluding carboxylic acids is 1. The molecule has 0 bridgehead atoms. The molecule has 0 spiro atoms. The van der Waals surface area contributed by atoms with Crippen LogP contribution >= 0.6 is 23.2 Å². The number of anilines is 2. The molecule has 0 saturated heterocycles. The minimum Gasteiger partial charge on any atom is -0.370 e. The molecule has 35 heavy (non-hydrogen) atoms. The van der Waals surface area contributed by atoms with Crippen LogP contribution < -0.4 is 16.6 Å². The SMILES string of the molecule is NC(=O)CCC(c1ccccc1)c1cc([N+](=O)[O-])cc2c(=O)[nH]c(Nc3ccc(Cl)c(Cl)c3)nc12. The monoisotopic (exact) mass is 511 g/mol. The van der Waals surface area contributed by atoms with Crippen LogP contribution in [0.25, 0.3) is 10.9 Å². The lowest BCUT2D eigenvalue weighted by Gasteiger charge is -2.19. The lowest BCUT2D eigenvalue weighted by atomic mass is 9.86. The summed E-state index contributed by atoms with van der Waals surface area (Å²) in [4.78, 5) is 42.8. The number of nitrogens with zero attached hydrogens (tertiary/aromatic N) is 2. The smallest absolute Gasteiger partial charge is 0.270 e. The fourth-order valence-electron chi connectivity index (χ4n) is 3.87. The quantitative estimate of drug-likeness (QED) is 0.217. The van der Waals surface area contributed by atoms with Crippen molar-refractivity contribution in [2.75, 3.05) is 5.32 Å². The molecule has 178 valence electrons. The summed E-state index contributed by atoms with van der Waals surface area (Å²) in [6.45, 7) is 0. The molecule has 0 fully saturated rings. The summed E-state index contributed by atoms with van der Waals surface area (Å²) in [6, 6.07) is 16.6. The molecule has 1 aromatic heterocycles. The molecule has 0 saturated carbocycles. The minimum atomic E-state index is -0.569. The Morgan fingerprint density at radius 3 is 2.51 bits per heavy atom. The summed E-state index contributed by atoms with van der Waals surface area (Å²) in [6.07, 6.45) is 0.320. The zero-order chi connectivity index (χ0) is 25.1. The number of nitrogens with one attached hydrogen (secondary N) is 2. The van der Waals surface area contributed by atoms with Gasteiger partial charge >= 0.3 is 0 Å². The van der Waals surface area contributed by atoms with Crippen molar-refractivity contribution in [1.82, 2.24) is 9.97 Å². The third kappa shape index (κ3) is 5.42. The highest BCUT2D eigenvalue weighted by atomic mass is 35.5. The second-order valence-electron chi connectivity index (χ2n) is 7.82. The number of aromatic nitrogens is 2. The lowest BCUT2D eigenvalue weighted by molar-refractivity contribution is -0.384. The van der Waals surface area contributed by atoms with Crippen molar-refractivity contribution >= 4 is 57.3 Å². The molecule has 4 aromatic rings. The Morgan fingerprint density at radius 2 is 1.86 bits per heavy atom. The van der Waals surface area contributed by atoms with E-state index in [0.29, 0.717) is 21.3 Å². The normalized spacial score (nSPS) is 11.8. The van der Waals surface area contributed by atoms with Crippen LogP contribution in [0.2, 0.25) is 10.0 Å². The van der Waals surface area contributed by atoms with Crippen molar-refractivity contribution in [3.63, 3.8) is 0 Å². The number of carbonyl (C=O) groups is 1. The first kappa shape index (κ1) is 24.2. The molecule has 4 rings (SSSR count). The summed E-state index contributed by atoms with van der Waals surface area (Å²) in [5.74, 6) is -0.871. The van der Waals surface area contributed by atoms with E-state index < -0.39 is 22.3 Å². The lowest BCUT2D eigenvalue weighted by Crippen LogP contribution is -2.16. The van der Waals surface area contributed by atoms with Crippen LogP contribution in [-0.2, 0) is 4.79 Å². The Kier molecular flexibility index (Phi) is 6.99. The van der Waals surface area contributed by atoms with Crippen molar-refractivity contribution in [2.45, 2.75) is 18.8 Å². The van der Waals surface area contributed by atoms with Gasteiger partial charge in [-0.2, -0.15) is 0 Å². The van der Waals surface area contributed by atoms with E-state index in [-0.39, 0.29) is 35.4 Å². The number of H-pyrrole nitrogens is 1. The molecule has 1 atom stereocenters. The van der Waals surface area contributed by atoms with Gasteiger partial charge in [0.25, 0.3) is 11.2 Å². The van der Waals surface area contributed by atoms with Gasteiger partial charge in [-0.1, -0.05) is 53.5 Å². The van der Waals surface area contributed by atoms with Gasteiger partial charge in [-0.25, -0.2) is 4.98 Å². The molecular weight excluding hydrogens is 493 g/mol. The summed E-state index contributed by atoms with van der Waals surface area (Å²) in [7, 11) is 0. The van der Waals surface area contributed by atoms with Crippen LogP contribution in [0.3, 0.4) is 0 Å². The molecule has 9 nitrogen and oxygen atoms in total. The number of nitro benzene ring substituents is 1. The number of non-ortho nitro benzene ring substituents is 1. The fourth-order valence-corrected chi connectivity index (χ4v) is 4.17. The van der Waals surface area contributed by atoms with Gasteiger partial charge in [0.15, 0.2) is 0 Å². The molecular formula is C24H19Cl2N5O4. The second-order valence-corrected chi connectivity index (χ2v) is 8.64. The number of nitro groups is 1. The van der Waals surface area contributed by atoms with E-state index in [1.165, 1.54) is 12.1 Å². The number of amides is 1. The first-order valence-electron chi connectivity index (χ1n) is 10.5. The molecule has 1 unspecified atom stereocenters. The number of hydrogen-bond donors (Lipinski definition) is 3. The number of primary amides is 1. The highest BCUT2D eigenvalue weighted by molar-refractivity contribution is 6.42. The predicted octanol–water partition coefficient (Wildman–Crippen LogP) is 5.28. The van der Waals surface area contributed by atoms with Crippen molar-refractivity contribution < 1.29 is 9.72 Å². The number of aromatic amines is 1. The maximum atomic E-state index is 13.0. The van der Waals surface area contributed by atoms with E-state index in [1.807, 2.05) is 30.3 Å². The maximum Gasteiger partial charge on any atom is 0.270 e. The molecule has 1 heterocycles. The number of benzene rings is 3. The standard InChI is InChI=1S/C24H19Cl2N5O4/c25-19-8-6-14(10-20(19)26)28-24-29-22-17(11-15(31(34)35)12-18(22)23(33)30-24)16(7-9-21(27)32)13-4-2-1-3-5-13/h1-6,8,10-12,16H,7,9H2,(H2,27,32)(H2,28,29,30,33). The molecule has 3 aromatic carbocycles.